The van der Waals surface area contributed by atoms with E-state index in [4.69, 9.17) is 9.47 Å². The summed E-state index contributed by atoms with van der Waals surface area (Å²) in [6.07, 6.45) is 0. The Morgan fingerprint density at radius 1 is 1.04 bits per heavy atom. The summed E-state index contributed by atoms with van der Waals surface area (Å²) in [6, 6.07) is 15.1. The van der Waals surface area contributed by atoms with Crippen molar-refractivity contribution in [2.24, 2.45) is 4.99 Å². The van der Waals surface area contributed by atoms with Crippen LogP contribution < -0.4 is 10.6 Å². The molecule has 0 spiro atoms. The van der Waals surface area contributed by atoms with E-state index < -0.39 is 0 Å². The summed E-state index contributed by atoms with van der Waals surface area (Å²) in [5, 5.41) is 6.44. The molecule has 0 saturated heterocycles. The Morgan fingerprint density at radius 3 is 2.59 bits per heavy atom. The monoisotopic (exact) mass is 373 g/mol. The number of ether oxygens (including phenoxy) is 2. The summed E-state index contributed by atoms with van der Waals surface area (Å²) in [6.45, 7) is 5.29. The number of rotatable bonds is 10. The molecule has 146 valence electrons. The molecule has 0 radical (unpaired) electrons. The lowest BCUT2D eigenvalue weighted by Crippen LogP contribution is -2.38. The first-order valence-corrected chi connectivity index (χ1v) is 9.13. The molecule has 0 saturated carbocycles. The lowest BCUT2D eigenvalue weighted by Gasteiger charge is -2.12. The van der Waals surface area contributed by atoms with Crippen LogP contribution in [0, 0.1) is 5.82 Å². The smallest absolute Gasteiger partial charge is 0.191 e. The Kier molecular flexibility index (Phi) is 9.30. The predicted octanol–water partition coefficient (Wildman–Crippen LogP) is 3.24. The van der Waals surface area contributed by atoms with Gasteiger partial charge in [0.25, 0.3) is 0 Å². The van der Waals surface area contributed by atoms with Gasteiger partial charge in [-0.05, 0) is 30.2 Å². The first kappa shape index (κ1) is 20.9. The first-order valence-electron chi connectivity index (χ1n) is 9.13. The summed E-state index contributed by atoms with van der Waals surface area (Å²) in [7, 11) is 1.55. The minimum atomic E-state index is -0.259. The van der Waals surface area contributed by atoms with Crippen LogP contribution in [0.4, 0.5) is 4.39 Å². The van der Waals surface area contributed by atoms with Gasteiger partial charge < -0.3 is 20.1 Å². The van der Waals surface area contributed by atoms with Crippen LogP contribution in [-0.2, 0) is 29.2 Å². The highest BCUT2D eigenvalue weighted by Gasteiger charge is 2.04. The van der Waals surface area contributed by atoms with Crippen LogP contribution in [-0.4, -0.2) is 32.8 Å². The van der Waals surface area contributed by atoms with Gasteiger partial charge in [-0.1, -0.05) is 36.4 Å². The van der Waals surface area contributed by atoms with Crippen LogP contribution in [0.1, 0.15) is 23.6 Å². The lowest BCUT2D eigenvalue weighted by atomic mass is 10.1. The zero-order chi connectivity index (χ0) is 19.3. The Hall–Kier alpha value is -2.44. The summed E-state index contributed by atoms with van der Waals surface area (Å²) < 4.78 is 24.4. The number of benzene rings is 2. The number of guanidine groups is 1. The molecule has 0 unspecified atom stereocenters. The van der Waals surface area contributed by atoms with Crippen molar-refractivity contribution in [1.82, 2.24) is 10.6 Å². The molecule has 0 atom stereocenters. The number of nitrogens with zero attached hydrogens (tertiary/aromatic N) is 1. The standard InChI is InChI=1S/C21H28FN3O2/c1-3-23-21(24-11-12-27-15-17-7-5-4-6-8-17)25-14-18-9-10-20(22)19(13-18)16-26-2/h4-10,13H,3,11-12,14-16H2,1-2H3,(H2,23,24,25). The molecule has 2 rings (SSSR count). The minimum Gasteiger partial charge on any atom is -0.380 e. The number of hydrogen-bond donors (Lipinski definition) is 2. The maximum atomic E-state index is 13.7. The lowest BCUT2D eigenvalue weighted by molar-refractivity contribution is 0.125. The van der Waals surface area contributed by atoms with Crippen molar-refractivity contribution in [3.63, 3.8) is 0 Å². The molecular weight excluding hydrogens is 345 g/mol. The minimum absolute atomic E-state index is 0.250. The van der Waals surface area contributed by atoms with Crippen molar-refractivity contribution in [1.29, 1.82) is 0 Å². The second kappa shape index (κ2) is 12.0. The van der Waals surface area contributed by atoms with Crippen molar-refractivity contribution in [2.45, 2.75) is 26.7 Å². The molecule has 2 N–H and O–H groups in total. The fourth-order valence-electron chi connectivity index (χ4n) is 2.51. The molecular formula is C21H28FN3O2. The molecule has 6 heteroatoms. The SMILES string of the molecule is CCNC(=NCc1ccc(F)c(COC)c1)NCCOCc1ccccc1. The Balaban J connectivity index is 1.80. The van der Waals surface area contributed by atoms with Gasteiger partial charge in [-0.2, -0.15) is 0 Å². The van der Waals surface area contributed by atoms with Crippen LogP contribution >= 0.6 is 0 Å². The molecule has 2 aromatic rings. The third-order valence-electron chi connectivity index (χ3n) is 3.82. The molecule has 27 heavy (non-hydrogen) atoms. The van der Waals surface area contributed by atoms with Crippen molar-refractivity contribution in [3.05, 3.63) is 71.0 Å². The van der Waals surface area contributed by atoms with Crippen LogP contribution in [0.25, 0.3) is 0 Å². The van der Waals surface area contributed by atoms with Crippen LogP contribution in [0.2, 0.25) is 0 Å². The number of nitrogens with one attached hydrogen (secondary N) is 2. The number of methoxy groups -OCH3 is 1. The highest BCUT2D eigenvalue weighted by atomic mass is 19.1. The largest absolute Gasteiger partial charge is 0.380 e. The van der Waals surface area contributed by atoms with Gasteiger partial charge in [-0.15, -0.1) is 0 Å². The molecule has 0 aliphatic heterocycles. The van der Waals surface area contributed by atoms with E-state index in [2.05, 4.69) is 15.6 Å². The van der Waals surface area contributed by atoms with Crippen molar-refractivity contribution in [2.75, 3.05) is 26.8 Å². The van der Waals surface area contributed by atoms with E-state index in [1.807, 2.05) is 37.3 Å². The zero-order valence-electron chi connectivity index (χ0n) is 16.0. The Morgan fingerprint density at radius 2 is 1.85 bits per heavy atom. The normalized spacial score (nSPS) is 11.4. The molecule has 0 heterocycles. The summed E-state index contributed by atoms with van der Waals surface area (Å²) in [5.74, 6) is 0.448. The average molecular weight is 373 g/mol. The topological polar surface area (TPSA) is 54.9 Å². The highest BCUT2D eigenvalue weighted by molar-refractivity contribution is 5.79. The summed E-state index contributed by atoms with van der Waals surface area (Å²) in [5.41, 5.74) is 2.62. The van der Waals surface area contributed by atoms with E-state index in [9.17, 15) is 4.39 Å². The number of aliphatic imine (C=N–C) groups is 1. The van der Waals surface area contributed by atoms with Crippen LogP contribution in [0.5, 0.6) is 0 Å². The zero-order valence-corrected chi connectivity index (χ0v) is 16.0. The van der Waals surface area contributed by atoms with Gasteiger partial charge in [0.2, 0.25) is 0 Å². The van der Waals surface area contributed by atoms with Gasteiger partial charge in [0, 0.05) is 25.8 Å². The molecule has 0 aliphatic carbocycles. The molecule has 5 nitrogen and oxygen atoms in total. The van der Waals surface area contributed by atoms with E-state index >= 15 is 0 Å². The molecule has 0 amide bonds. The van der Waals surface area contributed by atoms with E-state index in [-0.39, 0.29) is 12.4 Å². The fourth-order valence-corrected chi connectivity index (χ4v) is 2.51. The van der Waals surface area contributed by atoms with E-state index in [1.54, 1.807) is 19.2 Å². The van der Waals surface area contributed by atoms with Gasteiger partial charge in [0.1, 0.15) is 5.82 Å². The molecule has 0 aromatic heterocycles. The molecule has 0 fully saturated rings. The van der Waals surface area contributed by atoms with Crippen LogP contribution in [0.3, 0.4) is 0 Å². The van der Waals surface area contributed by atoms with E-state index in [1.165, 1.54) is 6.07 Å². The van der Waals surface area contributed by atoms with Crippen molar-refractivity contribution < 1.29 is 13.9 Å². The first-order chi connectivity index (χ1) is 13.2. The summed E-state index contributed by atoms with van der Waals surface area (Å²) in [4.78, 5) is 4.55. The van der Waals surface area contributed by atoms with Gasteiger partial charge in [0.15, 0.2) is 5.96 Å². The molecule has 0 aliphatic rings. The highest BCUT2D eigenvalue weighted by Crippen LogP contribution is 2.12. The van der Waals surface area contributed by atoms with Gasteiger partial charge in [-0.3, -0.25) is 0 Å². The fraction of sp³-hybridized carbons (Fsp3) is 0.381. The number of halogens is 1. The number of hydrogen-bond acceptors (Lipinski definition) is 3. The quantitative estimate of drug-likeness (QED) is 0.381. The van der Waals surface area contributed by atoms with Gasteiger partial charge >= 0.3 is 0 Å². The maximum absolute atomic E-state index is 13.7. The molecule has 2 aromatic carbocycles. The van der Waals surface area contributed by atoms with E-state index in [0.717, 1.165) is 17.7 Å². The Labute approximate surface area is 160 Å². The van der Waals surface area contributed by atoms with Gasteiger partial charge in [0.05, 0.1) is 26.4 Å². The van der Waals surface area contributed by atoms with Crippen LogP contribution in [0.15, 0.2) is 53.5 Å². The summed E-state index contributed by atoms with van der Waals surface area (Å²) >= 11 is 0. The van der Waals surface area contributed by atoms with Crippen molar-refractivity contribution >= 4 is 5.96 Å². The maximum Gasteiger partial charge on any atom is 0.191 e. The predicted molar refractivity (Wildman–Crippen MR) is 106 cm³/mol. The third-order valence-corrected chi connectivity index (χ3v) is 3.82. The molecule has 0 bridgehead atoms. The third kappa shape index (κ3) is 7.76. The second-order valence-electron chi connectivity index (χ2n) is 6.02. The van der Waals surface area contributed by atoms with Crippen molar-refractivity contribution in [3.8, 4) is 0 Å². The second-order valence-corrected chi connectivity index (χ2v) is 6.02. The average Bonchev–Trinajstić information content (AvgIpc) is 2.69. The Bertz CT molecular complexity index is 708. The van der Waals surface area contributed by atoms with E-state index in [0.29, 0.717) is 37.8 Å². The van der Waals surface area contributed by atoms with Gasteiger partial charge in [-0.25, -0.2) is 9.38 Å².